The van der Waals surface area contributed by atoms with Crippen LogP contribution in [0.3, 0.4) is 0 Å². The van der Waals surface area contributed by atoms with Crippen LogP contribution in [0.5, 0.6) is 11.5 Å². The van der Waals surface area contributed by atoms with E-state index in [9.17, 15) is 24.6 Å². The van der Waals surface area contributed by atoms with E-state index in [4.69, 9.17) is 0 Å². The number of hydrogen-bond acceptors (Lipinski definition) is 5. The molecule has 5 nitrogen and oxygen atoms in total. The van der Waals surface area contributed by atoms with Gasteiger partial charge in [0.25, 0.3) is 0 Å². The molecule has 0 aliphatic heterocycles. The Morgan fingerprint density at radius 3 is 1.84 bits per heavy atom. The van der Waals surface area contributed by atoms with Crippen molar-refractivity contribution in [2.24, 2.45) is 0 Å². The summed E-state index contributed by atoms with van der Waals surface area (Å²) in [7, 11) is 0. The number of phenols is 2. The standard InChI is InChI=1S/C20H12O5/c1-9(21)10-6-7-13-14(8-10)20(25)16-15(19(13)24)17(22)11-4-2-3-5-12(11)18(16)23/h2-8,22-23H,1H3. The Hall–Kier alpha value is -3.47. The second kappa shape index (κ2) is 5.01. The lowest BCUT2D eigenvalue weighted by Gasteiger charge is -2.21. The Morgan fingerprint density at radius 2 is 1.32 bits per heavy atom. The van der Waals surface area contributed by atoms with Crippen molar-refractivity contribution < 1.29 is 24.6 Å². The molecule has 122 valence electrons. The molecule has 0 saturated carbocycles. The van der Waals surface area contributed by atoms with E-state index < -0.39 is 11.6 Å². The number of carbonyl (C=O) groups is 3. The van der Waals surface area contributed by atoms with E-state index in [1.54, 1.807) is 24.3 Å². The number of ketones is 3. The van der Waals surface area contributed by atoms with Gasteiger partial charge in [0.05, 0.1) is 11.1 Å². The highest BCUT2D eigenvalue weighted by atomic mass is 16.3. The first-order valence-electron chi connectivity index (χ1n) is 7.62. The minimum atomic E-state index is -0.591. The van der Waals surface area contributed by atoms with Crippen LogP contribution in [-0.2, 0) is 0 Å². The fourth-order valence-corrected chi connectivity index (χ4v) is 3.26. The fourth-order valence-electron chi connectivity index (χ4n) is 3.26. The van der Waals surface area contributed by atoms with Crippen molar-refractivity contribution in [1.82, 2.24) is 0 Å². The van der Waals surface area contributed by atoms with Crippen molar-refractivity contribution >= 4 is 28.1 Å². The molecule has 0 unspecified atom stereocenters. The SMILES string of the molecule is CC(=O)c1ccc2c(c1)C(=O)c1c(c(O)c3ccccc3c1O)C2=O. The normalized spacial score (nSPS) is 12.8. The molecule has 1 aliphatic rings. The van der Waals surface area contributed by atoms with Gasteiger partial charge in [0.1, 0.15) is 11.5 Å². The molecule has 25 heavy (non-hydrogen) atoms. The molecule has 4 rings (SSSR count). The molecular weight excluding hydrogens is 320 g/mol. The number of Topliss-reactive ketones (excluding diaryl/α,β-unsaturated/α-hetero) is 1. The quantitative estimate of drug-likeness (QED) is 0.412. The third kappa shape index (κ3) is 1.92. The van der Waals surface area contributed by atoms with E-state index in [0.717, 1.165) is 0 Å². The van der Waals surface area contributed by atoms with Gasteiger partial charge in [-0.3, -0.25) is 14.4 Å². The topological polar surface area (TPSA) is 91.7 Å². The average Bonchev–Trinajstić information content (AvgIpc) is 2.62. The highest BCUT2D eigenvalue weighted by molar-refractivity contribution is 6.32. The van der Waals surface area contributed by atoms with E-state index in [1.807, 2.05) is 0 Å². The van der Waals surface area contributed by atoms with Crippen LogP contribution < -0.4 is 0 Å². The van der Waals surface area contributed by atoms with Gasteiger partial charge in [-0.25, -0.2) is 0 Å². The summed E-state index contributed by atoms with van der Waals surface area (Å²) in [6.45, 7) is 1.36. The lowest BCUT2D eigenvalue weighted by atomic mass is 9.80. The monoisotopic (exact) mass is 332 g/mol. The summed E-state index contributed by atoms with van der Waals surface area (Å²) in [6.07, 6.45) is 0. The first-order valence-corrected chi connectivity index (χ1v) is 7.62. The second-order valence-electron chi connectivity index (χ2n) is 5.97. The van der Waals surface area contributed by atoms with Crippen LogP contribution in [0.4, 0.5) is 0 Å². The smallest absolute Gasteiger partial charge is 0.198 e. The molecular formula is C20H12O5. The van der Waals surface area contributed by atoms with Gasteiger partial charge in [-0.05, 0) is 19.1 Å². The number of aromatic hydroxyl groups is 2. The molecule has 0 saturated heterocycles. The number of benzene rings is 3. The molecule has 0 fully saturated rings. The Bertz CT molecular complexity index is 1120. The predicted octanol–water partition coefficient (Wildman–Crippen LogP) is 3.23. The van der Waals surface area contributed by atoms with Crippen LogP contribution in [0.2, 0.25) is 0 Å². The van der Waals surface area contributed by atoms with E-state index >= 15 is 0 Å². The van der Waals surface area contributed by atoms with E-state index in [2.05, 4.69) is 0 Å². The maximum absolute atomic E-state index is 12.9. The van der Waals surface area contributed by atoms with Crippen LogP contribution in [-0.4, -0.2) is 27.6 Å². The summed E-state index contributed by atoms with van der Waals surface area (Å²) in [5, 5.41) is 21.7. The summed E-state index contributed by atoms with van der Waals surface area (Å²) in [6, 6.07) is 10.7. The molecule has 0 bridgehead atoms. The zero-order valence-corrected chi connectivity index (χ0v) is 13.2. The summed E-state index contributed by atoms with van der Waals surface area (Å²) in [4.78, 5) is 37.3. The maximum atomic E-state index is 12.9. The van der Waals surface area contributed by atoms with Crippen molar-refractivity contribution in [3.05, 3.63) is 70.3 Å². The van der Waals surface area contributed by atoms with Gasteiger partial charge in [0, 0.05) is 27.5 Å². The van der Waals surface area contributed by atoms with Crippen molar-refractivity contribution in [2.45, 2.75) is 6.92 Å². The first-order chi connectivity index (χ1) is 11.9. The van der Waals surface area contributed by atoms with Crippen LogP contribution in [0.1, 0.15) is 49.1 Å². The average molecular weight is 332 g/mol. The Balaban J connectivity index is 2.10. The Morgan fingerprint density at radius 1 is 0.800 bits per heavy atom. The molecule has 0 heterocycles. The molecule has 0 aromatic heterocycles. The summed E-state index contributed by atoms with van der Waals surface area (Å²) < 4.78 is 0. The number of fused-ring (bicyclic) bond motifs is 3. The Kier molecular flexibility index (Phi) is 3.02. The zero-order valence-electron chi connectivity index (χ0n) is 13.2. The van der Waals surface area contributed by atoms with Crippen LogP contribution in [0.25, 0.3) is 10.8 Å². The summed E-state index contributed by atoms with van der Waals surface area (Å²) in [5.41, 5.74) is 0.0224. The van der Waals surface area contributed by atoms with Gasteiger partial charge in [0.2, 0.25) is 0 Å². The molecule has 3 aromatic rings. The van der Waals surface area contributed by atoms with Gasteiger partial charge in [-0.15, -0.1) is 0 Å². The number of rotatable bonds is 1. The molecule has 0 spiro atoms. The molecule has 5 heteroatoms. The fraction of sp³-hybridized carbons (Fsp3) is 0.0500. The minimum Gasteiger partial charge on any atom is -0.506 e. The molecule has 0 atom stereocenters. The predicted molar refractivity (Wildman–Crippen MR) is 90.6 cm³/mol. The third-order valence-corrected chi connectivity index (χ3v) is 4.53. The summed E-state index contributed by atoms with van der Waals surface area (Å²) in [5.74, 6) is -2.06. The lowest BCUT2D eigenvalue weighted by molar-refractivity contribution is 0.0973. The van der Waals surface area contributed by atoms with Crippen LogP contribution in [0, 0.1) is 0 Å². The maximum Gasteiger partial charge on any atom is 0.198 e. The second-order valence-corrected chi connectivity index (χ2v) is 5.97. The van der Waals surface area contributed by atoms with Gasteiger partial charge in [-0.1, -0.05) is 30.3 Å². The van der Waals surface area contributed by atoms with Gasteiger partial charge in [0.15, 0.2) is 17.3 Å². The highest BCUT2D eigenvalue weighted by Gasteiger charge is 2.36. The molecule has 1 aliphatic carbocycles. The molecule has 3 aromatic carbocycles. The summed E-state index contributed by atoms with van der Waals surface area (Å²) >= 11 is 0. The third-order valence-electron chi connectivity index (χ3n) is 4.53. The van der Waals surface area contributed by atoms with Crippen molar-refractivity contribution in [3.8, 4) is 11.5 Å². The van der Waals surface area contributed by atoms with Crippen LogP contribution >= 0.6 is 0 Å². The van der Waals surface area contributed by atoms with E-state index in [0.29, 0.717) is 10.9 Å². The first kappa shape index (κ1) is 15.1. The van der Waals surface area contributed by atoms with Gasteiger partial charge < -0.3 is 10.2 Å². The lowest BCUT2D eigenvalue weighted by Crippen LogP contribution is -2.22. The minimum absolute atomic E-state index is 0.0511. The Labute approximate surface area is 142 Å². The molecule has 0 radical (unpaired) electrons. The highest BCUT2D eigenvalue weighted by Crippen LogP contribution is 2.44. The van der Waals surface area contributed by atoms with E-state index in [-0.39, 0.29) is 44.9 Å². The van der Waals surface area contributed by atoms with Gasteiger partial charge >= 0.3 is 0 Å². The van der Waals surface area contributed by atoms with E-state index in [1.165, 1.54) is 25.1 Å². The number of carbonyl (C=O) groups excluding carboxylic acids is 3. The number of hydrogen-bond donors (Lipinski definition) is 2. The van der Waals surface area contributed by atoms with Crippen LogP contribution in [0.15, 0.2) is 42.5 Å². The zero-order chi connectivity index (χ0) is 17.9. The number of phenolic OH excluding ortho intramolecular Hbond substituents is 2. The van der Waals surface area contributed by atoms with Crippen molar-refractivity contribution in [2.75, 3.05) is 0 Å². The molecule has 0 amide bonds. The molecule has 2 N–H and O–H groups in total. The van der Waals surface area contributed by atoms with Crippen molar-refractivity contribution in [1.29, 1.82) is 0 Å². The van der Waals surface area contributed by atoms with Crippen molar-refractivity contribution in [3.63, 3.8) is 0 Å². The largest absolute Gasteiger partial charge is 0.506 e. The van der Waals surface area contributed by atoms with Gasteiger partial charge in [-0.2, -0.15) is 0 Å².